The van der Waals surface area contributed by atoms with E-state index in [0.717, 1.165) is 118 Å². The summed E-state index contributed by atoms with van der Waals surface area (Å²) in [5, 5.41) is 0.0108. The van der Waals surface area contributed by atoms with Crippen molar-refractivity contribution >= 4 is 55.9 Å². The summed E-state index contributed by atoms with van der Waals surface area (Å²) in [4.78, 5) is 4.95. The first kappa shape index (κ1) is 49.8. The summed E-state index contributed by atoms with van der Waals surface area (Å²) >= 11 is 0. The van der Waals surface area contributed by atoms with Crippen LogP contribution in [0.3, 0.4) is 0 Å². The van der Waals surface area contributed by atoms with Crippen molar-refractivity contribution in [3.05, 3.63) is 329 Å². The highest BCUT2D eigenvalue weighted by atomic mass is 15.2. The molecule has 1 atom stereocenters. The van der Waals surface area contributed by atoms with Gasteiger partial charge in [-0.25, -0.2) is 0 Å². The van der Waals surface area contributed by atoms with E-state index in [2.05, 4.69) is 297 Å². The van der Waals surface area contributed by atoms with Gasteiger partial charge in [0.25, 0.3) is 0 Å². The predicted molar refractivity (Wildman–Crippen MR) is 403 cm³/mol. The maximum Gasteiger partial charge on any atom is 0.0645 e. The molecule has 0 saturated carbocycles. The molecule has 3 heteroatoms. The van der Waals surface area contributed by atoms with Crippen LogP contribution in [0.4, 0.5) is 34.1 Å². The zero-order valence-corrected chi connectivity index (χ0v) is 55.1. The summed E-state index contributed by atoms with van der Waals surface area (Å²) < 4.78 is 78.9. The maximum atomic E-state index is 10.1. The molecule has 3 nitrogen and oxygen atoms in total. The maximum absolute atomic E-state index is 10.1. The van der Waals surface area contributed by atoms with Gasteiger partial charge >= 0.3 is 0 Å². The largest absolute Gasteiger partial charge is 0.309 e. The molecule has 0 spiro atoms. The second-order valence-corrected chi connectivity index (χ2v) is 29.1. The molecule has 1 aliphatic carbocycles. The minimum absolute atomic E-state index is 0.00541. The average Bonchev–Trinajstić information content (AvgIpc) is 1.68. The number of hydrogen-bond donors (Lipinski definition) is 0. The summed E-state index contributed by atoms with van der Waals surface area (Å²) in [6.07, 6.45) is 0.669. The van der Waals surface area contributed by atoms with E-state index in [-0.39, 0.29) is 50.1 Å². The fraction of sp³-hybridized carbons (Fsp3) is 0.152. The number of anilines is 6. The Morgan fingerprint density at radius 2 is 0.853 bits per heavy atom. The van der Waals surface area contributed by atoms with Crippen molar-refractivity contribution in [2.75, 3.05) is 9.80 Å². The number of nitrogens with zero attached hydrogens (tertiary/aromatic N) is 3. The highest BCUT2D eigenvalue weighted by Crippen LogP contribution is 2.66. The normalized spacial score (nSPS) is 15.1. The molecule has 0 bridgehead atoms. The fourth-order valence-electron chi connectivity index (χ4n) is 15.3. The zero-order chi connectivity index (χ0) is 71.6. The van der Waals surface area contributed by atoms with Gasteiger partial charge in [-0.3, -0.25) is 0 Å². The molecular formula is C92H77N3. The minimum Gasteiger partial charge on any atom is -0.309 e. The van der Waals surface area contributed by atoms with Crippen LogP contribution in [0.25, 0.3) is 94.3 Å². The van der Waals surface area contributed by atoms with E-state index < -0.39 is 42.2 Å². The van der Waals surface area contributed by atoms with Gasteiger partial charge in [0.05, 0.1) is 61.8 Å². The summed E-state index contributed by atoms with van der Waals surface area (Å²) in [6.45, 7) is 20.5. The van der Waals surface area contributed by atoms with Crippen LogP contribution >= 0.6 is 0 Å². The lowest BCUT2D eigenvalue weighted by Crippen LogP contribution is -2.31. The molecule has 0 amide bonds. The van der Waals surface area contributed by atoms with Crippen LogP contribution in [0.5, 0.6) is 0 Å². The van der Waals surface area contributed by atoms with Gasteiger partial charge in [-0.1, -0.05) is 299 Å². The highest BCUT2D eigenvalue weighted by Gasteiger charge is 2.45. The van der Waals surface area contributed by atoms with E-state index in [1.165, 1.54) is 27.8 Å². The lowest BCUT2D eigenvalue weighted by atomic mass is 9.73. The quantitative estimate of drug-likeness (QED) is 0.150. The van der Waals surface area contributed by atoms with Gasteiger partial charge in [-0.05, 0) is 155 Å². The predicted octanol–water partition coefficient (Wildman–Crippen LogP) is 25.3. The Bertz CT molecular complexity index is 5710. The van der Waals surface area contributed by atoms with Crippen molar-refractivity contribution in [1.29, 1.82) is 0 Å². The van der Waals surface area contributed by atoms with E-state index in [0.29, 0.717) is 12.1 Å². The average molecular weight is 1230 g/mol. The molecule has 0 fully saturated rings. The molecule has 460 valence electrons. The first-order valence-corrected chi connectivity index (χ1v) is 33.2. The van der Waals surface area contributed by atoms with Crippen LogP contribution < -0.4 is 9.80 Å². The van der Waals surface area contributed by atoms with Crippen LogP contribution in [-0.4, -0.2) is 4.57 Å². The summed E-state index contributed by atoms with van der Waals surface area (Å²) in [7, 11) is 0. The van der Waals surface area contributed by atoms with Crippen LogP contribution in [0.15, 0.2) is 285 Å². The van der Waals surface area contributed by atoms with Gasteiger partial charge in [-0.15, -0.1) is 0 Å². The number of para-hydroxylation sites is 3. The second kappa shape index (κ2) is 21.9. The topological polar surface area (TPSA) is 11.4 Å². The Kier molecular flexibility index (Phi) is 11.5. The molecule has 0 N–H and O–H groups in total. The number of hydrogen-bond acceptors (Lipinski definition) is 2. The fourth-order valence-corrected chi connectivity index (χ4v) is 15.3. The van der Waals surface area contributed by atoms with Gasteiger partial charge in [0.1, 0.15) is 0 Å². The minimum atomic E-state index is -0.502. The van der Waals surface area contributed by atoms with Crippen molar-refractivity contribution in [2.24, 2.45) is 0 Å². The van der Waals surface area contributed by atoms with E-state index in [1.54, 1.807) is 4.57 Å². The summed E-state index contributed by atoms with van der Waals surface area (Å²) in [5.74, 6) is -0.478. The first-order chi connectivity index (χ1) is 49.4. The highest BCUT2D eigenvalue weighted by molar-refractivity contribution is 6.12. The van der Waals surface area contributed by atoms with Crippen molar-refractivity contribution in [1.82, 2.24) is 4.57 Å². The smallest absolute Gasteiger partial charge is 0.0645 e. The second-order valence-electron chi connectivity index (χ2n) is 29.1. The van der Waals surface area contributed by atoms with E-state index in [9.17, 15) is 11.0 Å². The molecule has 3 heterocycles. The first-order valence-electron chi connectivity index (χ1n) is 37.2. The molecule has 3 aliphatic rings. The number of aromatic nitrogens is 1. The van der Waals surface area contributed by atoms with Gasteiger partial charge in [0, 0.05) is 44.5 Å². The van der Waals surface area contributed by atoms with Gasteiger partial charge in [0.2, 0.25) is 0 Å². The summed E-state index contributed by atoms with van der Waals surface area (Å²) in [5.41, 5.74) is 26.7. The van der Waals surface area contributed by atoms with Crippen molar-refractivity contribution in [2.45, 2.75) is 90.9 Å². The standard InChI is InChI=1S/C92H77N3/c1-90(2,3)65-46-47-74-82(54-65)95(89-75(60-33-18-12-19-34-60)57-76-69-38-23-22-37-63(69)52-77(76)85(89)61-35-20-13-21-36-61)84-56-68(93-79-43-26-24-39-72(79)73-40-25-27-44-80(73)93)55-83-87(84)86(74)78-51-62(64-49-66(91(4,5)6)53-67(50-64)92(7,8)9)45-48-81(78)94(83)88-70(58-29-14-10-15-30-58)41-28-42-71(88)59-31-16-11-17-32-59/h10-51,53-57,86H,52H2,1-9H3/i24D,25D,26D,27D,39D,40D,43D,44D. The lowest BCUT2D eigenvalue weighted by molar-refractivity contribution is 0.569. The molecule has 17 rings (SSSR count). The van der Waals surface area contributed by atoms with Crippen molar-refractivity contribution in [3.8, 4) is 72.4 Å². The van der Waals surface area contributed by atoms with Crippen molar-refractivity contribution < 1.29 is 11.0 Å². The molecule has 95 heavy (non-hydrogen) atoms. The third kappa shape index (κ3) is 9.52. The van der Waals surface area contributed by atoms with E-state index in [1.807, 2.05) is 12.1 Å². The molecule has 0 saturated heterocycles. The molecular weight excluding hydrogens is 1150 g/mol. The molecule has 13 aromatic carbocycles. The van der Waals surface area contributed by atoms with E-state index >= 15 is 0 Å². The number of fused-ring (bicyclic) bond motifs is 10. The molecule has 0 radical (unpaired) electrons. The Morgan fingerprint density at radius 1 is 0.347 bits per heavy atom. The molecule has 14 aromatic rings. The van der Waals surface area contributed by atoms with Gasteiger partial charge < -0.3 is 14.4 Å². The van der Waals surface area contributed by atoms with Gasteiger partial charge in [0.15, 0.2) is 0 Å². The zero-order valence-electron chi connectivity index (χ0n) is 63.1. The molecule has 1 aromatic heterocycles. The SMILES string of the molecule is [2H]c1c([2H])c([2H])c2c(c1[2H])c1c([2H])c([2H])c([2H])c([2H])c1n2-c1cc2c3c(c1)N(c1c(-c4ccccc4)cc4c(c1-c1ccccc1)Cc1ccccc1-4)c1cc(C(C)(C)C)ccc1C3c1cc(-c3cc(C(C)(C)C)cc(C(C)(C)C)c3)ccc1N2c1c(-c2ccccc2)cccc1-c1ccccc1. The monoisotopic (exact) mass is 1230 g/mol. The molecule has 2 aliphatic heterocycles. The van der Waals surface area contributed by atoms with E-state index in [4.69, 9.17) is 0 Å². The lowest BCUT2D eigenvalue weighted by Gasteiger charge is -2.47. The van der Waals surface area contributed by atoms with Crippen LogP contribution in [0.1, 0.15) is 124 Å². The Morgan fingerprint density at radius 3 is 1.42 bits per heavy atom. The third-order valence-electron chi connectivity index (χ3n) is 20.1. The third-order valence-corrected chi connectivity index (χ3v) is 20.1. The summed E-state index contributed by atoms with van der Waals surface area (Å²) in [6, 6.07) is 82.3. The number of benzene rings is 13. The van der Waals surface area contributed by atoms with Crippen LogP contribution in [-0.2, 0) is 22.7 Å². The van der Waals surface area contributed by atoms with Gasteiger partial charge in [-0.2, -0.15) is 0 Å². The van der Waals surface area contributed by atoms with Crippen molar-refractivity contribution in [3.63, 3.8) is 0 Å². The van der Waals surface area contributed by atoms with Crippen LogP contribution in [0, 0.1) is 0 Å². The Hall–Kier alpha value is -10.7. The Balaban J connectivity index is 1.12. The van der Waals surface area contributed by atoms with Crippen LogP contribution in [0.2, 0.25) is 0 Å². The molecule has 1 unspecified atom stereocenters. The Labute approximate surface area is 571 Å². The number of rotatable bonds is 8.